The van der Waals surface area contributed by atoms with Crippen molar-refractivity contribution in [3.8, 4) is 5.75 Å². The molecule has 1 fully saturated rings. The zero-order valence-electron chi connectivity index (χ0n) is 8.94. The lowest BCUT2D eigenvalue weighted by Gasteiger charge is -2.06. The predicted octanol–water partition coefficient (Wildman–Crippen LogP) is 2.41. The molecule has 86 valence electrons. The molecule has 1 aromatic carbocycles. The molecule has 1 aromatic rings. The summed E-state index contributed by atoms with van der Waals surface area (Å²) in [5.74, 6) is -1.39. The maximum Gasteiger partial charge on any atom is 0.307 e. The summed E-state index contributed by atoms with van der Waals surface area (Å²) >= 11 is 0. The molecular weight excluding hydrogens is 211 g/mol. The molecule has 1 saturated carbocycles. The van der Waals surface area contributed by atoms with E-state index in [2.05, 4.69) is 0 Å². The summed E-state index contributed by atoms with van der Waals surface area (Å²) in [6.45, 7) is 2.20. The summed E-state index contributed by atoms with van der Waals surface area (Å²) in [4.78, 5) is 10.7. The van der Waals surface area contributed by atoms with E-state index in [9.17, 15) is 9.18 Å². The predicted molar refractivity (Wildman–Crippen MR) is 56.1 cm³/mol. The van der Waals surface area contributed by atoms with Gasteiger partial charge in [-0.05, 0) is 37.0 Å². The van der Waals surface area contributed by atoms with E-state index < -0.39 is 11.8 Å². The topological polar surface area (TPSA) is 46.5 Å². The van der Waals surface area contributed by atoms with Crippen LogP contribution in [0.5, 0.6) is 5.75 Å². The second-order valence-electron chi connectivity index (χ2n) is 3.91. The normalized spacial score (nSPS) is 22.9. The Morgan fingerprint density at radius 2 is 2.38 bits per heavy atom. The lowest BCUT2D eigenvalue weighted by molar-refractivity contribution is -0.138. The molecule has 16 heavy (non-hydrogen) atoms. The quantitative estimate of drug-likeness (QED) is 0.854. The number of halogens is 1. The van der Waals surface area contributed by atoms with Crippen LogP contribution >= 0.6 is 0 Å². The Bertz CT molecular complexity index is 417. The highest BCUT2D eigenvalue weighted by molar-refractivity contribution is 5.75. The van der Waals surface area contributed by atoms with Crippen LogP contribution in [0.2, 0.25) is 0 Å². The van der Waals surface area contributed by atoms with Gasteiger partial charge in [-0.1, -0.05) is 6.07 Å². The molecule has 0 saturated heterocycles. The van der Waals surface area contributed by atoms with Crippen molar-refractivity contribution in [1.82, 2.24) is 0 Å². The molecule has 0 aliphatic heterocycles. The highest BCUT2D eigenvalue weighted by Gasteiger charge is 2.44. The fourth-order valence-electron chi connectivity index (χ4n) is 1.86. The number of carbonyl (C=O) groups is 1. The number of ether oxygens (including phenoxy) is 1. The zero-order valence-corrected chi connectivity index (χ0v) is 8.94. The number of aliphatic carboxylic acids is 1. The van der Waals surface area contributed by atoms with Crippen LogP contribution in [0, 0.1) is 11.7 Å². The summed E-state index contributed by atoms with van der Waals surface area (Å²) in [7, 11) is 0. The Labute approximate surface area is 92.9 Å². The number of hydrogen-bond donors (Lipinski definition) is 1. The van der Waals surface area contributed by atoms with Gasteiger partial charge < -0.3 is 9.84 Å². The fraction of sp³-hybridized carbons (Fsp3) is 0.417. The zero-order chi connectivity index (χ0) is 11.7. The molecule has 2 unspecified atom stereocenters. The summed E-state index contributed by atoms with van der Waals surface area (Å²) in [6.07, 6.45) is 0.600. The molecule has 4 heteroatoms. The molecule has 0 amide bonds. The second kappa shape index (κ2) is 4.12. The smallest absolute Gasteiger partial charge is 0.307 e. The summed E-state index contributed by atoms with van der Waals surface area (Å²) in [5.41, 5.74) is 0.744. The van der Waals surface area contributed by atoms with Gasteiger partial charge in [0.25, 0.3) is 0 Å². The standard InChI is InChI=1S/C12H13FO3/c1-2-16-11-4-3-7(5-10(11)13)8-6-9(8)12(14)15/h3-5,8-9H,2,6H2,1H3,(H,14,15). The Morgan fingerprint density at radius 1 is 1.62 bits per heavy atom. The van der Waals surface area contributed by atoms with E-state index >= 15 is 0 Å². The first-order valence-corrected chi connectivity index (χ1v) is 5.28. The SMILES string of the molecule is CCOc1ccc(C2CC2C(=O)O)cc1F. The van der Waals surface area contributed by atoms with Crippen molar-refractivity contribution in [3.05, 3.63) is 29.6 Å². The monoisotopic (exact) mass is 224 g/mol. The van der Waals surface area contributed by atoms with Crippen LogP contribution in [-0.4, -0.2) is 17.7 Å². The Morgan fingerprint density at radius 3 is 2.88 bits per heavy atom. The van der Waals surface area contributed by atoms with Crippen molar-refractivity contribution in [2.45, 2.75) is 19.3 Å². The molecule has 1 N–H and O–H groups in total. The molecular formula is C12H13FO3. The van der Waals surface area contributed by atoms with Crippen LogP contribution in [0.15, 0.2) is 18.2 Å². The van der Waals surface area contributed by atoms with Gasteiger partial charge in [0, 0.05) is 0 Å². The van der Waals surface area contributed by atoms with Crippen molar-refractivity contribution in [1.29, 1.82) is 0 Å². The number of hydrogen-bond acceptors (Lipinski definition) is 2. The Hall–Kier alpha value is -1.58. The average molecular weight is 224 g/mol. The number of carboxylic acids is 1. The van der Waals surface area contributed by atoms with Gasteiger partial charge in [-0.15, -0.1) is 0 Å². The van der Waals surface area contributed by atoms with Crippen molar-refractivity contribution in [3.63, 3.8) is 0 Å². The Kier molecular flexibility index (Phi) is 2.81. The Balaban J connectivity index is 2.13. The van der Waals surface area contributed by atoms with Gasteiger partial charge in [-0.3, -0.25) is 4.79 Å². The van der Waals surface area contributed by atoms with E-state index in [-0.39, 0.29) is 17.6 Å². The molecule has 0 heterocycles. The lowest BCUT2D eigenvalue weighted by atomic mass is 10.1. The third kappa shape index (κ3) is 2.01. The molecule has 2 rings (SSSR count). The van der Waals surface area contributed by atoms with Gasteiger partial charge in [0.05, 0.1) is 12.5 Å². The molecule has 3 nitrogen and oxygen atoms in total. The maximum absolute atomic E-state index is 13.5. The summed E-state index contributed by atoms with van der Waals surface area (Å²) in [6, 6.07) is 4.67. The van der Waals surface area contributed by atoms with Crippen molar-refractivity contribution >= 4 is 5.97 Å². The first kappa shape index (κ1) is 10.9. The van der Waals surface area contributed by atoms with Gasteiger partial charge in [0.15, 0.2) is 11.6 Å². The van der Waals surface area contributed by atoms with E-state index in [1.807, 2.05) is 0 Å². The minimum absolute atomic E-state index is 0.0392. The van der Waals surface area contributed by atoms with Gasteiger partial charge in [-0.25, -0.2) is 4.39 Å². The minimum atomic E-state index is -0.806. The highest BCUT2D eigenvalue weighted by atomic mass is 19.1. The number of rotatable bonds is 4. The molecule has 2 atom stereocenters. The molecule has 1 aliphatic carbocycles. The first-order chi connectivity index (χ1) is 7.63. The van der Waals surface area contributed by atoms with Crippen molar-refractivity contribution in [2.75, 3.05) is 6.61 Å². The first-order valence-electron chi connectivity index (χ1n) is 5.28. The summed E-state index contributed by atoms with van der Waals surface area (Å²) < 4.78 is 18.6. The minimum Gasteiger partial charge on any atom is -0.491 e. The fourth-order valence-corrected chi connectivity index (χ4v) is 1.86. The van der Waals surface area contributed by atoms with E-state index in [1.54, 1.807) is 19.1 Å². The average Bonchev–Trinajstić information content (AvgIpc) is 3.01. The van der Waals surface area contributed by atoms with Gasteiger partial charge >= 0.3 is 5.97 Å². The van der Waals surface area contributed by atoms with Crippen molar-refractivity contribution < 1.29 is 19.0 Å². The number of carboxylic acid groups (broad SMARTS) is 1. The summed E-state index contributed by atoms with van der Waals surface area (Å²) in [5, 5.41) is 8.77. The van der Waals surface area contributed by atoms with Gasteiger partial charge in [-0.2, -0.15) is 0 Å². The second-order valence-corrected chi connectivity index (χ2v) is 3.91. The highest BCUT2D eigenvalue weighted by Crippen LogP contribution is 2.48. The number of benzene rings is 1. The maximum atomic E-state index is 13.5. The van der Waals surface area contributed by atoms with Crippen LogP contribution in [0.25, 0.3) is 0 Å². The molecule has 1 aliphatic rings. The van der Waals surface area contributed by atoms with Crippen LogP contribution in [0.3, 0.4) is 0 Å². The van der Waals surface area contributed by atoms with E-state index in [1.165, 1.54) is 6.07 Å². The molecule has 0 bridgehead atoms. The lowest BCUT2D eigenvalue weighted by Crippen LogP contribution is -2.00. The molecule has 0 aromatic heterocycles. The van der Waals surface area contributed by atoms with E-state index in [0.29, 0.717) is 13.0 Å². The third-order valence-electron chi connectivity index (χ3n) is 2.79. The molecule has 0 spiro atoms. The van der Waals surface area contributed by atoms with E-state index in [0.717, 1.165) is 5.56 Å². The van der Waals surface area contributed by atoms with Crippen LogP contribution < -0.4 is 4.74 Å². The van der Waals surface area contributed by atoms with Crippen LogP contribution in [0.4, 0.5) is 4.39 Å². The third-order valence-corrected chi connectivity index (χ3v) is 2.79. The largest absolute Gasteiger partial charge is 0.491 e. The van der Waals surface area contributed by atoms with Gasteiger partial charge in [0.2, 0.25) is 0 Å². The van der Waals surface area contributed by atoms with Crippen molar-refractivity contribution in [2.24, 2.45) is 5.92 Å². The van der Waals surface area contributed by atoms with Gasteiger partial charge in [0.1, 0.15) is 0 Å². The molecule has 0 radical (unpaired) electrons. The van der Waals surface area contributed by atoms with E-state index in [4.69, 9.17) is 9.84 Å². The van der Waals surface area contributed by atoms with Crippen LogP contribution in [0.1, 0.15) is 24.8 Å². The van der Waals surface area contributed by atoms with Crippen LogP contribution in [-0.2, 0) is 4.79 Å².